The van der Waals surface area contributed by atoms with Gasteiger partial charge in [-0.2, -0.15) is 0 Å². The van der Waals surface area contributed by atoms with Crippen LogP contribution in [0.4, 0.5) is 0 Å². The van der Waals surface area contributed by atoms with Gasteiger partial charge in [-0.1, -0.05) is 30.3 Å². The lowest BCUT2D eigenvalue weighted by atomic mass is 10.1. The largest absolute Gasteiger partial charge is 0.461 e. The molecule has 162 valence electrons. The Labute approximate surface area is 177 Å². The van der Waals surface area contributed by atoms with Crippen molar-refractivity contribution in [2.24, 2.45) is 0 Å². The number of hydrogen-bond acceptors (Lipinski definition) is 5. The fourth-order valence-electron chi connectivity index (χ4n) is 3.20. The highest BCUT2D eigenvalue weighted by atomic mass is 16.5. The van der Waals surface area contributed by atoms with Crippen LogP contribution in [0.2, 0.25) is 0 Å². The van der Waals surface area contributed by atoms with Gasteiger partial charge in [0.2, 0.25) is 0 Å². The van der Waals surface area contributed by atoms with Crippen LogP contribution in [-0.2, 0) is 20.7 Å². The zero-order valence-corrected chi connectivity index (χ0v) is 18.2. The molecule has 1 amide bonds. The number of aryl methyl sites for hydroxylation is 2. The second-order valence-electron chi connectivity index (χ2n) is 7.33. The Morgan fingerprint density at radius 3 is 2.37 bits per heavy atom. The van der Waals surface area contributed by atoms with Crippen molar-refractivity contribution in [2.75, 3.05) is 6.61 Å². The number of carbonyl (C=O) groups excluding carboxylic acids is 3. The summed E-state index contributed by atoms with van der Waals surface area (Å²) >= 11 is 0. The first-order valence-electron chi connectivity index (χ1n) is 10.2. The van der Waals surface area contributed by atoms with Gasteiger partial charge in [0.05, 0.1) is 12.2 Å². The fourth-order valence-corrected chi connectivity index (χ4v) is 3.20. The van der Waals surface area contributed by atoms with Gasteiger partial charge in [0.1, 0.15) is 5.69 Å². The molecular formula is C23H30N2O5. The first-order valence-corrected chi connectivity index (χ1v) is 10.2. The summed E-state index contributed by atoms with van der Waals surface area (Å²) in [6, 6.07) is 9.96. The normalized spacial score (nSPS) is 12.7. The van der Waals surface area contributed by atoms with Crippen molar-refractivity contribution < 1.29 is 23.9 Å². The number of aromatic nitrogens is 1. The number of esters is 2. The second kappa shape index (κ2) is 10.6. The van der Waals surface area contributed by atoms with Crippen molar-refractivity contribution in [3.05, 3.63) is 58.4 Å². The molecule has 0 bridgehead atoms. The quantitative estimate of drug-likeness (QED) is 0.612. The number of rotatable bonds is 9. The van der Waals surface area contributed by atoms with Gasteiger partial charge in [0, 0.05) is 11.7 Å². The molecule has 0 saturated carbocycles. The Morgan fingerprint density at radius 2 is 1.73 bits per heavy atom. The molecule has 2 rings (SSSR count). The molecule has 1 heterocycles. The van der Waals surface area contributed by atoms with Crippen molar-refractivity contribution >= 4 is 17.8 Å². The lowest BCUT2D eigenvalue weighted by molar-refractivity contribution is -0.129. The molecule has 0 spiro atoms. The second-order valence-corrected chi connectivity index (χ2v) is 7.33. The summed E-state index contributed by atoms with van der Waals surface area (Å²) in [6.07, 6.45) is 0.654. The Kier molecular flexibility index (Phi) is 8.21. The van der Waals surface area contributed by atoms with E-state index in [-0.39, 0.29) is 29.8 Å². The van der Waals surface area contributed by atoms with Gasteiger partial charge in [0.15, 0.2) is 6.10 Å². The van der Waals surface area contributed by atoms with Crippen LogP contribution in [0.25, 0.3) is 0 Å². The van der Waals surface area contributed by atoms with E-state index in [1.54, 1.807) is 20.8 Å². The van der Waals surface area contributed by atoms with Crippen LogP contribution in [-0.4, -0.2) is 41.6 Å². The first-order chi connectivity index (χ1) is 14.2. The molecule has 1 aromatic heterocycles. The van der Waals surface area contributed by atoms with Crippen LogP contribution in [0.1, 0.15) is 64.9 Å². The number of nitrogens with one attached hydrogen (secondary N) is 2. The molecule has 0 aliphatic rings. The molecule has 1 aromatic carbocycles. The standard InChI is InChI=1S/C23H30N2O5/c1-6-29-23(28)20-15(3)19(16(4)25-20)22(27)30-17(5)21(26)24-14(2)12-13-18-10-8-7-9-11-18/h7-11,14,17,25H,6,12-13H2,1-5H3,(H,24,26)/t14-,17+/m0/s1. The zero-order chi connectivity index (χ0) is 22.3. The topological polar surface area (TPSA) is 97.5 Å². The minimum Gasteiger partial charge on any atom is -0.461 e. The molecule has 2 atom stereocenters. The van der Waals surface area contributed by atoms with Crippen molar-refractivity contribution in [2.45, 2.75) is 59.6 Å². The van der Waals surface area contributed by atoms with Crippen LogP contribution in [0.15, 0.2) is 30.3 Å². The number of H-pyrrole nitrogens is 1. The molecule has 7 nitrogen and oxygen atoms in total. The molecule has 0 unspecified atom stereocenters. The van der Waals surface area contributed by atoms with Gasteiger partial charge in [-0.25, -0.2) is 9.59 Å². The van der Waals surface area contributed by atoms with E-state index in [0.29, 0.717) is 11.3 Å². The number of ether oxygens (including phenoxy) is 2. The first kappa shape index (κ1) is 23.2. The van der Waals surface area contributed by atoms with E-state index in [0.717, 1.165) is 12.8 Å². The molecule has 7 heteroatoms. The van der Waals surface area contributed by atoms with E-state index in [9.17, 15) is 14.4 Å². The molecule has 2 aromatic rings. The fraction of sp³-hybridized carbons (Fsp3) is 0.435. The Bertz CT molecular complexity index is 888. The zero-order valence-electron chi connectivity index (χ0n) is 18.2. The maximum atomic E-state index is 12.6. The van der Waals surface area contributed by atoms with Gasteiger partial charge in [-0.3, -0.25) is 4.79 Å². The molecule has 30 heavy (non-hydrogen) atoms. The van der Waals surface area contributed by atoms with Gasteiger partial charge >= 0.3 is 11.9 Å². The molecule has 0 aliphatic heterocycles. The van der Waals surface area contributed by atoms with Crippen LogP contribution >= 0.6 is 0 Å². The van der Waals surface area contributed by atoms with E-state index in [4.69, 9.17) is 9.47 Å². The van der Waals surface area contributed by atoms with Gasteiger partial charge in [0.25, 0.3) is 5.91 Å². The molecule has 0 fully saturated rings. The number of aromatic amines is 1. The number of carbonyl (C=O) groups is 3. The Hall–Kier alpha value is -3.09. The average molecular weight is 415 g/mol. The van der Waals surface area contributed by atoms with Gasteiger partial charge in [-0.15, -0.1) is 0 Å². The third-order valence-electron chi connectivity index (χ3n) is 4.87. The van der Waals surface area contributed by atoms with Crippen molar-refractivity contribution in [1.82, 2.24) is 10.3 Å². The number of hydrogen-bond donors (Lipinski definition) is 2. The predicted octanol–water partition coefficient (Wildman–Crippen LogP) is 3.49. The van der Waals surface area contributed by atoms with Crippen LogP contribution in [0, 0.1) is 13.8 Å². The number of benzene rings is 1. The summed E-state index contributed by atoms with van der Waals surface area (Å²) in [5.74, 6) is -1.55. The van der Waals surface area contributed by atoms with Gasteiger partial charge < -0.3 is 19.8 Å². The minimum atomic E-state index is -0.962. The van der Waals surface area contributed by atoms with Crippen molar-refractivity contribution in [1.29, 1.82) is 0 Å². The van der Waals surface area contributed by atoms with E-state index in [1.165, 1.54) is 12.5 Å². The molecule has 0 saturated heterocycles. The number of amides is 1. The van der Waals surface area contributed by atoms with E-state index in [2.05, 4.69) is 10.3 Å². The molecule has 0 aliphatic carbocycles. The summed E-state index contributed by atoms with van der Waals surface area (Å²) in [5, 5.41) is 2.88. The maximum absolute atomic E-state index is 12.6. The van der Waals surface area contributed by atoms with E-state index < -0.39 is 18.0 Å². The summed E-state index contributed by atoms with van der Waals surface area (Å²) in [6.45, 7) is 8.70. The molecular weight excluding hydrogens is 384 g/mol. The molecule has 2 N–H and O–H groups in total. The summed E-state index contributed by atoms with van der Waals surface area (Å²) < 4.78 is 10.3. The lowest BCUT2D eigenvalue weighted by Crippen LogP contribution is -2.41. The highest BCUT2D eigenvalue weighted by Gasteiger charge is 2.27. The third kappa shape index (κ3) is 5.95. The summed E-state index contributed by atoms with van der Waals surface area (Å²) in [5.41, 5.74) is 2.60. The van der Waals surface area contributed by atoms with E-state index in [1.807, 2.05) is 37.3 Å². The van der Waals surface area contributed by atoms with Crippen molar-refractivity contribution in [3.8, 4) is 0 Å². The maximum Gasteiger partial charge on any atom is 0.355 e. The lowest BCUT2D eigenvalue weighted by Gasteiger charge is -2.18. The predicted molar refractivity (Wildman–Crippen MR) is 113 cm³/mol. The summed E-state index contributed by atoms with van der Waals surface area (Å²) in [7, 11) is 0. The smallest absolute Gasteiger partial charge is 0.355 e. The third-order valence-corrected chi connectivity index (χ3v) is 4.87. The Balaban J connectivity index is 1.93. The highest BCUT2D eigenvalue weighted by Crippen LogP contribution is 2.20. The highest BCUT2D eigenvalue weighted by molar-refractivity contribution is 5.99. The monoisotopic (exact) mass is 414 g/mol. The summed E-state index contributed by atoms with van der Waals surface area (Å²) in [4.78, 5) is 39.9. The van der Waals surface area contributed by atoms with Crippen LogP contribution < -0.4 is 5.32 Å². The van der Waals surface area contributed by atoms with Gasteiger partial charge in [-0.05, 0) is 58.6 Å². The molecule has 0 radical (unpaired) electrons. The van der Waals surface area contributed by atoms with E-state index >= 15 is 0 Å². The van der Waals surface area contributed by atoms with Crippen molar-refractivity contribution in [3.63, 3.8) is 0 Å². The Morgan fingerprint density at radius 1 is 1.07 bits per heavy atom. The minimum absolute atomic E-state index is 0.0648. The van der Waals surface area contributed by atoms with Crippen LogP contribution in [0.5, 0.6) is 0 Å². The SMILES string of the molecule is CCOC(=O)c1[nH]c(C)c(C(=O)O[C@H](C)C(=O)N[C@@H](C)CCc2ccccc2)c1C. The van der Waals surface area contributed by atoms with Crippen LogP contribution in [0.3, 0.4) is 0 Å². The average Bonchev–Trinajstić information content (AvgIpc) is 3.01.